The minimum absolute atomic E-state index is 0.00159. The van der Waals surface area contributed by atoms with Gasteiger partial charge < -0.3 is 19.7 Å². The zero-order valence-corrected chi connectivity index (χ0v) is 16.8. The molecule has 0 bridgehead atoms. The van der Waals surface area contributed by atoms with Crippen LogP contribution >= 0.6 is 0 Å². The summed E-state index contributed by atoms with van der Waals surface area (Å²) in [6.45, 7) is 9.68. The molecule has 0 amide bonds. The predicted molar refractivity (Wildman–Crippen MR) is 99.8 cm³/mol. The van der Waals surface area contributed by atoms with E-state index in [4.69, 9.17) is 9.47 Å². The molecule has 1 fully saturated rings. The van der Waals surface area contributed by atoms with Gasteiger partial charge in [-0.25, -0.2) is 9.59 Å². The number of carbonyl (C=O) groups excluding carboxylic acids is 2. The Balaban J connectivity index is 2.03. The van der Waals surface area contributed by atoms with Gasteiger partial charge in [0, 0.05) is 18.7 Å². The van der Waals surface area contributed by atoms with Crippen LogP contribution in [0.25, 0.3) is 0 Å². The lowest BCUT2D eigenvalue weighted by molar-refractivity contribution is -0.183. The van der Waals surface area contributed by atoms with Crippen LogP contribution in [0.2, 0.25) is 0 Å². The Labute approximate surface area is 160 Å². The van der Waals surface area contributed by atoms with Crippen LogP contribution in [-0.4, -0.2) is 70.6 Å². The Morgan fingerprint density at radius 2 is 2.07 bits per heavy atom. The number of rotatable bonds is 7. The van der Waals surface area contributed by atoms with Crippen molar-refractivity contribution >= 4 is 11.9 Å². The predicted octanol–water partition coefficient (Wildman–Crippen LogP) is 1.19. The first kappa shape index (κ1) is 21.6. The van der Waals surface area contributed by atoms with Crippen molar-refractivity contribution in [3.63, 3.8) is 0 Å². The largest absolute Gasteiger partial charge is 0.459 e. The zero-order chi connectivity index (χ0) is 20.4. The third-order valence-electron chi connectivity index (χ3n) is 5.64. The summed E-state index contributed by atoms with van der Waals surface area (Å²) in [6.07, 6.45) is 2.87. The molecular weight excluding hydrogens is 350 g/mol. The van der Waals surface area contributed by atoms with E-state index in [0.29, 0.717) is 12.1 Å². The maximum atomic E-state index is 12.4. The molecule has 0 aromatic carbocycles. The molecule has 2 heterocycles. The minimum Gasteiger partial charge on any atom is -0.459 e. The fourth-order valence-corrected chi connectivity index (χ4v) is 3.63. The van der Waals surface area contributed by atoms with E-state index in [2.05, 4.69) is 4.90 Å². The highest BCUT2D eigenvalue weighted by Gasteiger charge is 2.47. The fourth-order valence-electron chi connectivity index (χ4n) is 3.63. The van der Waals surface area contributed by atoms with Gasteiger partial charge >= 0.3 is 11.9 Å². The first-order valence-electron chi connectivity index (χ1n) is 9.47. The quantitative estimate of drug-likeness (QED) is 0.388. The van der Waals surface area contributed by atoms with Crippen molar-refractivity contribution in [2.24, 2.45) is 5.92 Å². The molecule has 4 atom stereocenters. The molecule has 2 aliphatic rings. The van der Waals surface area contributed by atoms with Gasteiger partial charge in [0.1, 0.15) is 12.7 Å². The highest BCUT2D eigenvalue weighted by Crippen LogP contribution is 2.32. The summed E-state index contributed by atoms with van der Waals surface area (Å²) < 4.78 is 11.0. The Hall–Kier alpha value is -1.70. The number of esters is 2. The Morgan fingerprint density at radius 1 is 1.41 bits per heavy atom. The van der Waals surface area contributed by atoms with Gasteiger partial charge in [-0.05, 0) is 38.7 Å². The SMILES string of the molecule is C/C=C(\C)C(=O)O[C@@H]1CCN2CC=C(COC(=O)[C@](O)(C(C)C)C(C)O)[C@H]12. The number of hydrogen-bond donors (Lipinski definition) is 2. The summed E-state index contributed by atoms with van der Waals surface area (Å²) in [4.78, 5) is 26.7. The Kier molecular flexibility index (Phi) is 6.83. The van der Waals surface area contributed by atoms with E-state index in [1.165, 1.54) is 6.92 Å². The number of aliphatic hydroxyl groups is 2. The van der Waals surface area contributed by atoms with Gasteiger partial charge in [-0.3, -0.25) is 4.90 Å². The monoisotopic (exact) mass is 381 g/mol. The molecule has 7 heteroatoms. The summed E-state index contributed by atoms with van der Waals surface area (Å²) in [6, 6.07) is -0.120. The second-order valence-electron chi connectivity index (χ2n) is 7.66. The zero-order valence-electron chi connectivity index (χ0n) is 16.8. The lowest BCUT2D eigenvalue weighted by Gasteiger charge is -2.32. The van der Waals surface area contributed by atoms with E-state index >= 15 is 0 Å². The fraction of sp³-hybridized carbons (Fsp3) is 0.700. The van der Waals surface area contributed by atoms with Gasteiger partial charge in [-0.1, -0.05) is 26.0 Å². The molecule has 0 spiro atoms. The van der Waals surface area contributed by atoms with Crippen LogP contribution < -0.4 is 0 Å². The molecule has 1 saturated heterocycles. The average molecular weight is 381 g/mol. The second kappa shape index (κ2) is 8.54. The van der Waals surface area contributed by atoms with Crippen molar-refractivity contribution in [3.8, 4) is 0 Å². The number of carbonyl (C=O) groups is 2. The summed E-state index contributed by atoms with van der Waals surface area (Å²) in [7, 11) is 0. The molecule has 27 heavy (non-hydrogen) atoms. The molecule has 7 nitrogen and oxygen atoms in total. The summed E-state index contributed by atoms with van der Waals surface area (Å²) in [5, 5.41) is 20.4. The van der Waals surface area contributed by atoms with Crippen LogP contribution in [0.4, 0.5) is 0 Å². The van der Waals surface area contributed by atoms with E-state index in [1.54, 1.807) is 33.8 Å². The normalized spacial score (nSPS) is 26.4. The van der Waals surface area contributed by atoms with Gasteiger partial charge in [-0.15, -0.1) is 0 Å². The van der Waals surface area contributed by atoms with Gasteiger partial charge in [-0.2, -0.15) is 0 Å². The van der Waals surface area contributed by atoms with Crippen LogP contribution in [0.3, 0.4) is 0 Å². The van der Waals surface area contributed by atoms with Crippen LogP contribution in [0, 0.1) is 5.92 Å². The number of fused-ring (bicyclic) bond motifs is 1. The van der Waals surface area contributed by atoms with E-state index in [9.17, 15) is 19.8 Å². The van der Waals surface area contributed by atoms with Crippen LogP contribution in [0.15, 0.2) is 23.3 Å². The lowest BCUT2D eigenvalue weighted by Crippen LogP contribution is -2.53. The number of ether oxygens (including phenoxy) is 2. The molecule has 1 unspecified atom stereocenters. The first-order valence-corrected chi connectivity index (χ1v) is 9.47. The topological polar surface area (TPSA) is 96.3 Å². The van der Waals surface area contributed by atoms with Gasteiger partial charge in [0.15, 0.2) is 5.60 Å². The number of aliphatic hydroxyl groups excluding tert-OH is 1. The maximum absolute atomic E-state index is 12.4. The van der Waals surface area contributed by atoms with Crippen molar-refractivity contribution in [2.45, 2.75) is 64.9 Å². The summed E-state index contributed by atoms with van der Waals surface area (Å²) in [5.41, 5.74) is -0.542. The summed E-state index contributed by atoms with van der Waals surface area (Å²) in [5.74, 6) is -1.68. The molecule has 0 radical (unpaired) electrons. The average Bonchev–Trinajstić information content (AvgIpc) is 3.20. The van der Waals surface area contributed by atoms with Crippen LogP contribution in [-0.2, 0) is 19.1 Å². The van der Waals surface area contributed by atoms with Crippen molar-refractivity contribution in [1.29, 1.82) is 0 Å². The van der Waals surface area contributed by atoms with Crippen LogP contribution in [0.1, 0.15) is 41.0 Å². The second-order valence-corrected chi connectivity index (χ2v) is 7.66. The number of nitrogens with zero attached hydrogens (tertiary/aromatic N) is 1. The van der Waals surface area contributed by atoms with E-state index in [1.807, 2.05) is 6.08 Å². The van der Waals surface area contributed by atoms with Gasteiger partial charge in [0.2, 0.25) is 0 Å². The lowest BCUT2D eigenvalue weighted by atomic mass is 9.85. The Bertz CT molecular complexity index is 628. The maximum Gasteiger partial charge on any atom is 0.341 e. The van der Waals surface area contributed by atoms with E-state index in [0.717, 1.165) is 18.5 Å². The standard InChI is InChI=1S/C20H31NO6/c1-6-13(4)18(23)27-16-8-10-21-9-7-15(17(16)21)11-26-19(24)20(25,12(2)3)14(5)22/h6-7,12,14,16-17,22,25H,8-11H2,1-5H3/b13-6+/t14?,16-,17-,20+/m1/s1. The highest BCUT2D eigenvalue weighted by atomic mass is 16.6. The van der Waals surface area contributed by atoms with E-state index < -0.39 is 23.6 Å². The first-order chi connectivity index (χ1) is 12.6. The highest BCUT2D eigenvalue weighted by molar-refractivity contribution is 5.87. The van der Waals surface area contributed by atoms with Crippen molar-refractivity contribution < 1.29 is 29.3 Å². The van der Waals surface area contributed by atoms with Crippen molar-refractivity contribution in [1.82, 2.24) is 4.90 Å². The van der Waals surface area contributed by atoms with Gasteiger partial charge in [0.25, 0.3) is 0 Å². The molecular formula is C20H31NO6. The molecule has 0 saturated carbocycles. The Morgan fingerprint density at radius 3 is 2.63 bits per heavy atom. The third kappa shape index (κ3) is 4.25. The van der Waals surface area contributed by atoms with Crippen molar-refractivity contribution in [2.75, 3.05) is 19.7 Å². The summed E-state index contributed by atoms with van der Waals surface area (Å²) >= 11 is 0. The molecule has 0 aromatic heterocycles. The van der Waals surface area contributed by atoms with E-state index in [-0.39, 0.29) is 24.7 Å². The third-order valence-corrected chi connectivity index (χ3v) is 5.64. The molecule has 2 rings (SSSR count). The van der Waals surface area contributed by atoms with Crippen molar-refractivity contribution in [3.05, 3.63) is 23.3 Å². The number of allylic oxidation sites excluding steroid dienone is 1. The van der Waals surface area contributed by atoms with Gasteiger partial charge in [0.05, 0.1) is 12.1 Å². The molecule has 2 N–H and O–H groups in total. The molecule has 2 aliphatic heterocycles. The molecule has 0 aliphatic carbocycles. The van der Waals surface area contributed by atoms with Crippen LogP contribution in [0.5, 0.6) is 0 Å². The molecule has 0 aromatic rings. The number of hydrogen-bond acceptors (Lipinski definition) is 7. The minimum atomic E-state index is -1.95. The molecule has 152 valence electrons. The smallest absolute Gasteiger partial charge is 0.341 e.